The van der Waals surface area contributed by atoms with Gasteiger partial charge in [0.1, 0.15) is 9.84 Å². The van der Waals surface area contributed by atoms with Crippen LogP contribution < -0.4 is 5.32 Å². The summed E-state index contributed by atoms with van der Waals surface area (Å²) in [6, 6.07) is 8.38. The Morgan fingerprint density at radius 1 is 1.17 bits per heavy atom. The highest BCUT2D eigenvalue weighted by Crippen LogP contribution is 2.37. The van der Waals surface area contributed by atoms with Crippen molar-refractivity contribution >= 4 is 15.7 Å². The van der Waals surface area contributed by atoms with E-state index in [1.54, 1.807) is 0 Å². The second kappa shape index (κ2) is 8.36. The van der Waals surface area contributed by atoms with E-state index in [2.05, 4.69) is 41.4 Å². The molecule has 2 aliphatic heterocycles. The van der Waals surface area contributed by atoms with Crippen molar-refractivity contribution in [2.45, 2.75) is 51.3 Å². The van der Waals surface area contributed by atoms with Crippen LogP contribution in [0.5, 0.6) is 0 Å². The number of likely N-dealkylation sites (tertiary alicyclic amines) is 1. The van der Waals surface area contributed by atoms with Gasteiger partial charge in [-0.05, 0) is 50.0 Å². The number of aliphatic hydroxyl groups excluding tert-OH is 1. The van der Waals surface area contributed by atoms with Crippen LogP contribution >= 0.6 is 0 Å². The number of aliphatic hydroxyl groups is 1. The first-order valence-corrected chi connectivity index (χ1v) is 12.6. The number of hydrogen-bond acceptors (Lipinski definition) is 5. The zero-order valence-electron chi connectivity index (χ0n) is 17.1. The molecule has 1 aliphatic carbocycles. The third kappa shape index (κ3) is 5.01. The highest BCUT2D eigenvalue weighted by Gasteiger charge is 2.42. The van der Waals surface area contributed by atoms with E-state index in [0.29, 0.717) is 24.7 Å². The van der Waals surface area contributed by atoms with Gasteiger partial charge in [-0.25, -0.2) is 8.42 Å². The fraction of sp³-hybridized carbons (Fsp3) is 0.682. The van der Waals surface area contributed by atoms with Crippen molar-refractivity contribution in [3.8, 4) is 0 Å². The third-order valence-corrected chi connectivity index (χ3v) is 8.67. The summed E-state index contributed by atoms with van der Waals surface area (Å²) in [5.74, 6) is 0.818. The number of carbonyl (C=O) groups is 1. The van der Waals surface area contributed by atoms with Gasteiger partial charge in [0.05, 0.1) is 23.7 Å². The molecule has 2 saturated heterocycles. The summed E-state index contributed by atoms with van der Waals surface area (Å²) in [6.07, 6.45) is 1.79. The second-order valence-electron chi connectivity index (χ2n) is 9.28. The first-order chi connectivity index (χ1) is 13.8. The van der Waals surface area contributed by atoms with Crippen molar-refractivity contribution in [3.05, 3.63) is 35.4 Å². The lowest BCUT2D eigenvalue weighted by atomic mass is 9.77. The molecule has 1 amide bonds. The molecule has 1 aromatic carbocycles. The van der Waals surface area contributed by atoms with Crippen LogP contribution in [0.2, 0.25) is 0 Å². The Morgan fingerprint density at radius 2 is 1.86 bits per heavy atom. The maximum atomic E-state index is 12.6. The van der Waals surface area contributed by atoms with Gasteiger partial charge in [-0.3, -0.25) is 9.69 Å². The number of benzene rings is 1. The van der Waals surface area contributed by atoms with Gasteiger partial charge in [-0.2, -0.15) is 0 Å². The molecule has 0 radical (unpaired) electrons. The molecule has 0 spiro atoms. The number of aryl methyl sites for hydroxylation is 1. The molecule has 0 aromatic heterocycles. The minimum Gasteiger partial charge on any atom is -0.391 e. The summed E-state index contributed by atoms with van der Waals surface area (Å²) in [7, 11) is -2.97. The van der Waals surface area contributed by atoms with Crippen LogP contribution in [0.15, 0.2) is 24.3 Å². The monoisotopic (exact) mass is 420 g/mol. The van der Waals surface area contributed by atoms with Crippen LogP contribution in [0.3, 0.4) is 0 Å². The molecule has 2 N–H and O–H groups in total. The molecule has 0 bridgehead atoms. The molecule has 6 nitrogen and oxygen atoms in total. The Kier molecular flexibility index (Phi) is 6.00. The van der Waals surface area contributed by atoms with E-state index in [1.165, 1.54) is 11.1 Å². The van der Waals surface area contributed by atoms with Gasteiger partial charge in [0.25, 0.3) is 0 Å². The summed E-state index contributed by atoms with van der Waals surface area (Å²) in [6.45, 7) is 5.03. The van der Waals surface area contributed by atoms with Crippen molar-refractivity contribution < 1.29 is 18.3 Å². The van der Waals surface area contributed by atoms with Crippen LogP contribution in [-0.2, 0) is 21.2 Å². The van der Waals surface area contributed by atoms with E-state index in [1.807, 2.05) is 0 Å². The number of fused-ring (bicyclic) bond motifs is 1. The first kappa shape index (κ1) is 20.8. The van der Waals surface area contributed by atoms with Crippen LogP contribution in [0, 0.1) is 24.7 Å². The summed E-state index contributed by atoms with van der Waals surface area (Å²) in [5, 5.41) is 13.7. The van der Waals surface area contributed by atoms with Gasteiger partial charge < -0.3 is 10.4 Å². The van der Waals surface area contributed by atoms with E-state index in [0.717, 1.165) is 32.5 Å². The van der Waals surface area contributed by atoms with Crippen LogP contribution in [0.25, 0.3) is 0 Å². The Bertz CT molecular complexity index is 842. The Morgan fingerprint density at radius 3 is 2.55 bits per heavy atom. The zero-order valence-corrected chi connectivity index (χ0v) is 17.9. The van der Waals surface area contributed by atoms with Crippen LogP contribution in [0.1, 0.15) is 36.8 Å². The standard InChI is InChI=1S/C22H32N2O4S/c1-15-3-2-4-16(9-15)12-24-13-18-10-20(21(25)11-19(18)14-24)23-22(26)17-5-7-29(27,28)8-6-17/h2-4,9,17-21,25H,5-8,10-14H2,1H3,(H,23,26)/t18-,19+,20-,21-/m0/s1. The highest BCUT2D eigenvalue weighted by molar-refractivity contribution is 7.91. The molecule has 1 aromatic rings. The quantitative estimate of drug-likeness (QED) is 0.771. The molecule has 3 aliphatic rings. The minimum absolute atomic E-state index is 0.0861. The number of nitrogens with zero attached hydrogens (tertiary/aromatic N) is 1. The number of nitrogens with one attached hydrogen (secondary N) is 1. The van der Waals surface area contributed by atoms with Crippen molar-refractivity contribution in [2.75, 3.05) is 24.6 Å². The molecule has 7 heteroatoms. The zero-order chi connectivity index (χ0) is 20.6. The van der Waals surface area contributed by atoms with Crippen molar-refractivity contribution in [1.82, 2.24) is 10.2 Å². The maximum absolute atomic E-state index is 12.6. The van der Waals surface area contributed by atoms with Crippen molar-refractivity contribution in [3.63, 3.8) is 0 Å². The number of rotatable bonds is 4. The Balaban J connectivity index is 1.31. The molecule has 3 fully saturated rings. The number of amides is 1. The summed E-state index contributed by atoms with van der Waals surface area (Å²) in [4.78, 5) is 15.1. The molecule has 29 heavy (non-hydrogen) atoms. The highest BCUT2D eigenvalue weighted by atomic mass is 32.2. The lowest BCUT2D eigenvalue weighted by Gasteiger charge is -2.36. The summed E-state index contributed by atoms with van der Waals surface area (Å²) >= 11 is 0. The third-order valence-electron chi connectivity index (χ3n) is 6.96. The van der Waals surface area contributed by atoms with Gasteiger partial charge >= 0.3 is 0 Å². The topological polar surface area (TPSA) is 86.7 Å². The largest absolute Gasteiger partial charge is 0.391 e. The van der Waals surface area contributed by atoms with E-state index >= 15 is 0 Å². The molecule has 4 rings (SSSR count). The SMILES string of the molecule is Cc1cccc(CN2C[C@H]3C[C@H](O)[C@@H](NC(=O)C4CCS(=O)(=O)CC4)C[C@H]3C2)c1. The average molecular weight is 421 g/mol. The minimum atomic E-state index is -2.97. The van der Waals surface area contributed by atoms with Gasteiger partial charge in [0.15, 0.2) is 0 Å². The first-order valence-electron chi connectivity index (χ1n) is 10.8. The number of carbonyl (C=O) groups excluding carboxylic acids is 1. The second-order valence-corrected chi connectivity index (χ2v) is 11.6. The molecule has 160 valence electrons. The Labute approximate surface area is 173 Å². The van der Waals surface area contributed by atoms with E-state index in [4.69, 9.17) is 0 Å². The molecular formula is C22H32N2O4S. The summed E-state index contributed by atoms with van der Waals surface area (Å²) in [5.41, 5.74) is 2.59. The predicted octanol–water partition coefficient (Wildman–Crippen LogP) is 1.51. The molecule has 2 heterocycles. The molecular weight excluding hydrogens is 388 g/mol. The fourth-order valence-corrected chi connectivity index (χ4v) is 6.82. The number of sulfone groups is 1. The number of hydrogen-bond donors (Lipinski definition) is 2. The van der Waals surface area contributed by atoms with Gasteiger partial charge in [-0.1, -0.05) is 29.8 Å². The summed E-state index contributed by atoms with van der Waals surface area (Å²) < 4.78 is 23.2. The van der Waals surface area contributed by atoms with Crippen molar-refractivity contribution in [2.24, 2.45) is 17.8 Å². The lowest BCUT2D eigenvalue weighted by Crippen LogP contribution is -2.51. The van der Waals surface area contributed by atoms with E-state index in [9.17, 15) is 18.3 Å². The predicted molar refractivity (Wildman–Crippen MR) is 112 cm³/mol. The maximum Gasteiger partial charge on any atom is 0.223 e. The molecule has 1 saturated carbocycles. The lowest BCUT2D eigenvalue weighted by molar-refractivity contribution is -0.127. The van der Waals surface area contributed by atoms with Gasteiger partial charge in [-0.15, -0.1) is 0 Å². The van der Waals surface area contributed by atoms with Crippen molar-refractivity contribution in [1.29, 1.82) is 0 Å². The average Bonchev–Trinajstić information content (AvgIpc) is 3.02. The normalized spacial score (nSPS) is 32.6. The Hall–Kier alpha value is -1.44. The van der Waals surface area contributed by atoms with Gasteiger partial charge in [0, 0.05) is 25.6 Å². The smallest absolute Gasteiger partial charge is 0.223 e. The van der Waals surface area contributed by atoms with Crippen LogP contribution in [-0.4, -0.2) is 61.1 Å². The molecule has 4 atom stereocenters. The van der Waals surface area contributed by atoms with E-state index < -0.39 is 15.9 Å². The fourth-order valence-electron chi connectivity index (χ4n) is 5.33. The van der Waals surface area contributed by atoms with Gasteiger partial charge in [0.2, 0.25) is 5.91 Å². The van der Waals surface area contributed by atoms with Crippen LogP contribution in [0.4, 0.5) is 0 Å². The molecule has 0 unspecified atom stereocenters. The van der Waals surface area contributed by atoms with E-state index in [-0.39, 0.29) is 29.4 Å².